The summed E-state index contributed by atoms with van der Waals surface area (Å²) in [4.78, 5) is 14.3. The molecule has 0 radical (unpaired) electrons. The zero-order valence-electron chi connectivity index (χ0n) is 9.32. The van der Waals surface area contributed by atoms with Crippen LogP contribution >= 0.6 is 0 Å². The van der Waals surface area contributed by atoms with Crippen molar-refractivity contribution in [3.05, 3.63) is 0 Å². The molecule has 2 heterocycles. The molecule has 2 aliphatic carbocycles. The highest BCUT2D eigenvalue weighted by molar-refractivity contribution is 5.88. The van der Waals surface area contributed by atoms with E-state index in [1.54, 1.807) is 0 Å². The summed E-state index contributed by atoms with van der Waals surface area (Å²) in [5.41, 5.74) is 0.134. The van der Waals surface area contributed by atoms with Gasteiger partial charge in [-0.05, 0) is 44.4 Å². The van der Waals surface area contributed by atoms with Gasteiger partial charge in [-0.2, -0.15) is 0 Å². The third-order valence-electron chi connectivity index (χ3n) is 5.06. The van der Waals surface area contributed by atoms with E-state index in [2.05, 4.69) is 0 Å². The van der Waals surface area contributed by atoms with Crippen LogP contribution in [0.3, 0.4) is 0 Å². The van der Waals surface area contributed by atoms with Gasteiger partial charge in [0, 0.05) is 12.0 Å². The smallest absolute Gasteiger partial charge is 0.229 e. The van der Waals surface area contributed by atoms with Crippen molar-refractivity contribution in [2.75, 3.05) is 6.61 Å². The molecule has 4 aliphatic rings. The molecule has 2 unspecified atom stereocenters. The van der Waals surface area contributed by atoms with Crippen LogP contribution in [0.5, 0.6) is 0 Å². The zero-order chi connectivity index (χ0) is 10.4. The van der Waals surface area contributed by atoms with Gasteiger partial charge in [0.2, 0.25) is 5.91 Å². The second-order valence-electron chi connectivity index (χ2n) is 6.10. The molecular weight excluding hydrogens is 190 g/mol. The van der Waals surface area contributed by atoms with Crippen LogP contribution < -0.4 is 0 Å². The Balaban J connectivity index is 1.73. The summed E-state index contributed by atoms with van der Waals surface area (Å²) in [5, 5.41) is 0. The van der Waals surface area contributed by atoms with Gasteiger partial charge in [-0.15, -0.1) is 0 Å². The van der Waals surface area contributed by atoms with E-state index in [1.165, 1.54) is 12.8 Å². The monoisotopic (exact) mass is 207 g/mol. The summed E-state index contributed by atoms with van der Waals surface area (Å²) in [6.07, 6.45) is 3.66. The zero-order valence-corrected chi connectivity index (χ0v) is 9.32. The average molecular weight is 207 g/mol. The minimum absolute atomic E-state index is 0.358. The SMILES string of the molecule is CC1(C)OCC[C@@H]2C3C(C(=O)N21)C31CC1. The second-order valence-corrected chi connectivity index (χ2v) is 6.10. The van der Waals surface area contributed by atoms with Crippen molar-refractivity contribution in [3.63, 3.8) is 0 Å². The van der Waals surface area contributed by atoms with Gasteiger partial charge in [0.1, 0.15) is 5.72 Å². The molecule has 3 atom stereocenters. The third kappa shape index (κ3) is 0.780. The van der Waals surface area contributed by atoms with E-state index in [0.29, 0.717) is 29.2 Å². The van der Waals surface area contributed by atoms with Crippen LogP contribution in [0.4, 0.5) is 0 Å². The number of carbonyl (C=O) groups is 1. The van der Waals surface area contributed by atoms with Crippen molar-refractivity contribution in [2.45, 2.75) is 44.9 Å². The number of amides is 1. The molecule has 0 aromatic heterocycles. The van der Waals surface area contributed by atoms with E-state index >= 15 is 0 Å². The fourth-order valence-corrected chi connectivity index (χ4v) is 4.26. The van der Waals surface area contributed by atoms with E-state index in [-0.39, 0.29) is 5.72 Å². The molecule has 0 aromatic carbocycles. The topological polar surface area (TPSA) is 29.5 Å². The van der Waals surface area contributed by atoms with Crippen LogP contribution in [-0.4, -0.2) is 29.2 Å². The Bertz CT molecular complexity index is 359. The fraction of sp³-hybridized carbons (Fsp3) is 0.917. The van der Waals surface area contributed by atoms with Gasteiger partial charge in [-0.25, -0.2) is 0 Å². The van der Waals surface area contributed by atoms with Crippen LogP contribution in [0.1, 0.15) is 33.1 Å². The molecule has 1 spiro atoms. The minimum atomic E-state index is -0.358. The number of piperidine rings is 1. The Morgan fingerprint density at radius 3 is 2.80 bits per heavy atom. The molecule has 15 heavy (non-hydrogen) atoms. The molecule has 82 valence electrons. The Morgan fingerprint density at radius 1 is 1.40 bits per heavy atom. The Morgan fingerprint density at radius 2 is 2.13 bits per heavy atom. The van der Waals surface area contributed by atoms with Gasteiger partial charge in [0.15, 0.2) is 0 Å². The van der Waals surface area contributed by atoms with Gasteiger partial charge >= 0.3 is 0 Å². The summed E-state index contributed by atoms with van der Waals surface area (Å²) >= 11 is 0. The molecule has 1 amide bonds. The maximum Gasteiger partial charge on any atom is 0.229 e. The summed E-state index contributed by atoms with van der Waals surface area (Å²) in [7, 11) is 0. The number of hydrogen-bond acceptors (Lipinski definition) is 2. The first-order valence-corrected chi connectivity index (χ1v) is 6.05. The van der Waals surface area contributed by atoms with E-state index in [1.807, 2.05) is 18.7 Å². The van der Waals surface area contributed by atoms with Gasteiger partial charge in [0.25, 0.3) is 0 Å². The first kappa shape index (κ1) is 8.57. The number of carbonyl (C=O) groups excluding carboxylic acids is 1. The van der Waals surface area contributed by atoms with E-state index < -0.39 is 0 Å². The molecule has 0 aromatic rings. The summed E-state index contributed by atoms with van der Waals surface area (Å²) in [6, 6.07) is 0.494. The maximum absolute atomic E-state index is 12.3. The highest BCUT2D eigenvalue weighted by Crippen LogP contribution is 2.80. The lowest BCUT2D eigenvalue weighted by Crippen LogP contribution is -2.57. The van der Waals surface area contributed by atoms with Crippen LogP contribution in [0.15, 0.2) is 0 Å². The van der Waals surface area contributed by atoms with Crippen LogP contribution in [0.25, 0.3) is 0 Å². The third-order valence-corrected chi connectivity index (χ3v) is 5.06. The molecule has 2 saturated heterocycles. The number of fused-ring (bicyclic) bond motifs is 5. The number of ether oxygens (including phenoxy) is 1. The molecule has 0 N–H and O–H groups in total. The quantitative estimate of drug-likeness (QED) is 0.600. The predicted molar refractivity (Wildman–Crippen MR) is 53.9 cm³/mol. The molecule has 2 saturated carbocycles. The van der Waals surface area contributed by atoms with Crippen molar-refractivity contribution in [3.8, 4) is 0 Å². The number of nitrogens with zero attached hydrogens (tertiary/aromatic N) is 1. The molecular formula is C12H17NO2. The Hall–Kier alpha value is -0.570. The average Bonchev–Trinajstić information content (AvgIpc) is 3.02. The first-order valence-electron chi connectivity index (χ1n) is 6.05. The molecule has 4 rings (SSSR count). The number of rotatable bonds is 0. The molecule has 2 aliphatic heterocycles. The van der Waals surface area contributed by atoms with Crippen molar-refractivity contribution in [1.29, 1.82) is 0 Å². The van der Waals surface area contributed by atoms with Crippen molar-refractivity contribution in [1.82, 2.24) is 4.90 Å². The molecule has 3 heteroatoms. The van der Waals surface area contributed by atoms with E-state index in [4.69, 9.17) is 4.74 Å². The lowest BCUT2D eigenvalue weighted by Gasteiger charge is -2.45. The predicted octanol–water partition coefficient (Wildman–Crippen LogP) is 1.38. The fourth-order valence-electron chi connectivity index (χ4n) is 4.26. The largest absolute Gasteiger partial charge is 0.356 e. The van der Waals surface area contributed by atoms with Crippen LogP contribution in [0.2, 0.25) is 0 Å². The van der Waals surface area contributed by atoms with Crippen LogP contribution in [-0.2, 0) is 9.53 Å². The highest BCUT2D eigenvalue weighted by atomic mass is 16.5. The first-order chi connectivity index (χ1) is 7.08. The van der Waals surface area contributed by atoms with Crippen molar-refractivity contribution in [2.24, 2.45) is 17.3 Å². The van der Waals surface area contributed by atoms with Gasteiger partial charge in [-0.3, -0.25) is 4.79 Å². The molecule has 0 bridgehead atoms. The van der Waals surface area contributed by atoms with Crippen molar-refractivity contribution < 1.29 is 9.53 Å². The Kier molecular flexibility index (Phi) is 1.20. The summed E-state index contributed by atoms with van der Waals surface area (Å²) in [5.74, 6) is 1.45. The second kappa shape index (κ2) is 2.10. The van der Waals surface area contributed by atoms with E-state index in [0.717, 1.165) is 13.0 Å². The summed E-state index contributed by atoms with van der Waals surface area (Å²) in [6.45, 7) is 4.88. The van der Waals surface area contributed by atoms with E-state index in [9.17, 15) is 4.79 Å². The molecule has 3 nitrogen and oxygen atoms in total. The van der Waals surface area contributed by atoms with Gasteiger partial charge < -0.3 is 9.64 Å². The number of hydrogen-bond donors (Lipinski definition) is 0. The lowest BCUT2D eigenvalue weighted by molar-refractivity contribution is -0.192. The minimum Gasteiger partial charge on any atom is -0.356 e. The molecule has 4 fully saturated rings. The highest BCUT2D eigenvalue weighted by Gasteiger charge is 2.82. The summed E-state index contributed by atoms with van der Waals surface area (Å²) < 4.78 is 5.71. The van der Waals surface area contributed by atoms with Crippen LogP contribution in [0, 0.1) is 17.3 Å². The maximum atomic E-state index is 12.3. The Labute approximate surface area is 89.8 Å². The lowest BCUT2D eigenvalue weighted by atomic mass is 10.0. The standard InChI is InChI=1S/C12H17NO2/c1-11(2)13-7(3-6-15-11)8-9(10(13)14)12(8)4-5-12/h7-9H,3-6H2,1-2H3/t7-,8?,9?/m1/s1. The van der Waals surface area contributed by atoms with Gasteiger partial charge in [0.05, 0.1) is 6.61 Å². The normalized spacial score (nSPS) is 47.7. The van der Waals surface area contributed by atoms with Crippen molar-refractivity contribution >= 4 is 5.91 Å². The van der Waals surface area contributed by atoms with Gasteiger partial charge in [-0.1, -0.05) is 0 Å².